The fraction of sp³-hybridized carbons (Fsp3) is 0.500. The minimum Gasteiger partial charge on any atom is -0.444 e. The Morgan fingerprint density at radius 1 is 1.33 bits per heavy atom. The molecule has 1 saturated heterocycles. The van der Waals surface area contributed by atoms with E-state index in [0.717, 1.165) is 25.3 Å². The molecular weight excluding hydrogens is 432 g/mol. The number of amides is 2. The highest BCUT2D eigenvalue weighted by atomic mass is 79.9. The Morgan fingerprint density at radius 3 is 2.74 bits per heavy atom. The van der Waals surface area contributed by atoms with Gasteiger partial charge in [-0.3, -0.25) is 14.5 Å². The van der Waals surface area contributed by atoms with Crippen LogP contribution in [0.25, 0.3) is 0 Å². The van der Waals surface area contributed by atoms with Crippen LogP contribution in [0.3, 0.4) is 0 Å². The van der Waals surface area contributed by atoms with Crippen LogP contribution in [0.15, 0.2) is 26.6 Å². The summed E-state index contributed by atoms with van der Waals surface area (Å²) in [6.07, 6.45) is 1.27. The van der Waals surface area contributed by atoms with Crippen molar-refractivity contribution < 1.29 is 14.0 Å². The lowest BCUT2D eigenvalue weighted by molar-refractivity contribution is -0.115. The van der Waals surface area contributed by atoms with Gasteiger partial charge in [0.25, 0.3) is 5.91 Å². The monoisotopic (exact) mass is 454 g/mol. The molecule has 1 aliphatic heterocycles. The number of carbonyl (C=O) groups is 2. The summed E-state index contributed by atoms with van der Waals surface area (Å²) in [5.74, 6) is 0.783. The van der Waals surface area contributed by atoms with Crippen LogP contribution in [0, 0.1) is 11.8 Å². The van der Waals surface area contributed by atoms with E-state index in [4.69, 9.17) is 4.42 Å². The second kappa shape index (κ2) is 8.99. The summed E-state index contributed by atoms with van der Waals surface area (Å²) in [5, 5.41) is 7.76. The number of likely N-dealkylation sites (tertiary alicyclic amines) is 1. The summed E-state index contributed by atoms with van der Waals surface area (Å²) in [7, 11) is 0. The Bertz CT molecular complexity index is 796. The molecule has 3 rings (SSSR count). The zero-order chi connectivity index (χ0) is 19.4. The van der Waals surface area contributed by atoms with Gasteiger partial charge < -0.3 is 15.1 Å². The number of rotatable bonds is 6. The highest BCUT2D eigenvalue weighted by Gasteiger charge is 2.22. The van der Waals surface area contributed by atoms with Crippen molar-refractivity contribution in [1.29, 1.82) is 0 Å². The fourth-order valence-corrected chi connectivity index (χ4v) is 4.46. The molecule has 0 bridgehead atoms. The van der Waals surface area contributed by atoms with Crippen molar-refractivity contribution in [3.63, 3.8) is 0 Å². The molecule has 0 spiro atoms. The highest BCUT2D eigenvalue weighted by molar-refractivity contribution is 9.10. The normalized spacial score (nSPS) is 20.4. The summed E-state index contributed by atoms with van der Waals surface area (Å²) in [5.41, 5.74) is 0.959. The Labute approximate surface area is 170 Å². The summed E-state index contributed by atoms with van der Waals surface area (Å²) in [6, 6.07) is 3.16. The van der Waals surface area contributed by atoms with Crippen molar-refractivity contribution >= 4 is 44.2 Å². The smallest absolute Gasteiger partial charge is 0.287 e. The summed E-state index contributed by atoms with van der Waals surface area (Å²) in [6.45, 7) is 7.38. The number of aromatic nitrogens is 1. The predicted molar refractivity (Wildman–Crippen MR) is 108 cm³/mol. The standard InChI is InChI=1S/C18H23BrN4O3S/c1-11-5-12(2)8-23(7-11)9-13-10-27-18(21-13)22-16(24)6-20-17(25)14-3-4-15(19)26-14/h3-4,10-12H,5-9H2,1-2H3,(H,20,25)(H,21,22,24)/t11-,12-/m0/s1. The molecular formula is C18H23BrN4O3S. The lowest BCUT2D eigenvalue weighted by Gasteiger charge is -2.34. The molecule has 2 aromatic rings. The van der Waals surface area contributed by atoms with Gasteiger partial charge in [0.2, 0.25) is 5.91 Å². The van der Waals surface area contributed by atoms with Gasteiger partial charge in [-0.2, -0.15) is 0 Å². The van der Waals surface area contributed by atoms with E-state index in [1.54, 1.807) is 6.07 Å². The lowest BCUT2D eigenvalue weighted by atomic mass is 9.92. The number of piperidine rings is 1. The third kappa shape index (κ3) is 5.88. The zero-order valence-electron chi connectivity index (χ0n) is 15.3. The number of furan rings is 1. The average molecular weight is 455 g/mol. The van der Waals surface area contributed by atoms with E-state index >= 15 is 0 Å². The van der Waals surface area contributed by atoms with Gasteiger partial charge in [0.15, 0.2) is 15.6 Å². The van der Waals surface area contributed by atoms with Crippen molar-refractivity contribution in [3.8, 4) is 0 Å². The van der Waals surface area contributed by atoms with Gasteiger partial charge in [-0.1, -0.05) is 13.8 Å². The van der Waals surface area contributed by atoms with E-state index in [-0.39, 0.29) is 18.2 Å². The lowest BCUT2D eigenvalue weighted by Crippen LogP contribution is -2.38. The number of hydrogen-bond acceptors (Lipinski definition) is 6. The maximum atomic E-state index is 12.0. The second-order valence-corrected chi connectivity index (χ2v) is 8.76. The zero-order valence-corrected chi connectivity index (χ0v) is 17.7. The van der Waals surface area contributed by atoms with Gasteiger partial charge in [0, 0.05) is 25.0 Å². The van der Waals surface area contributed by atoms with Gasteiger partial charge in [0.05, 0.1) is 12.2 Å². The maximum absolute atomic E-state index is 12.0. The average Bonchev–Trinajstić information content (AvgIpc) is 3.21. The summed E-state index contributed by atoms with van der Waals surface area (Å²) < 4.78 is 5.61. The van der Waals surface area contributed by atoms with E-state index in [2.05, 4.69) is 50.3 Å². The molecule has 2 atom stereocenters. The molecule has 2 N–H and O–H groups in total. The number of thiazole rings is 1. The highest BCUT2D eigenvalue weighted by Crippen LogP contribution is 2.24. The number of nitrogens with one attached hydrogen (secondary N) is 2. The summed E-state index contributed by atoms with van der Waals surface area (Å²) in [4.78, 5) is 30.8. The van der Waals surface area contributed by atoms with E-state index in [9.17, 15) is 9.59 Å². The quantitative estimate of drug-likeness (QED) is 0.698. The van der Waals surface area contributed by atoms with Gasteiger partial charge in [0.1, 0.15) is 0 Å². The predicted octanol–water partition coefficient (Wildman–Crippen LogP) is 3.35. The third-order valence-electron chi connectivity index (χ3n) is 4.33. The number of nitrogens with zero attached hydrogens (tertiary/aromatic N) is 2. The third-order valence-corrected chi connectivity index (χ3v) is 5.57. The van der Waals surface area contributed by atoms with Crippen LogP contribution in [0.4, 0.5) is 5.13 Å². The summed E-state index contributed by atoms with van der Waals surface area (Å²) >= 11 is 4.53. The first-order valence-corrected chi connectivity index (χ1v) is 10.6. The van der Waals surface area contributed by atoms with Crippen molar-refractivity contribution in [2.75, 3.05) is 25.0 Å². The van der Waals surface area contributed by atoms with Crippen molar-refractivity contribution in [2.45, 2.75) is 26.8 Å². The minimum absolute atomic E-state index is 0.146. The molecule has 9 heteroatoms. The van der Waals surface area contributed by atoms with Gasteiger partial charge in [-0.05, 0) is 46.3 Å². The van der Waals surface area contributed by atoms with E-state index in [1.165, 1.54) is 23.8 Å². The van der Waals surface area contributed by atoms with E-state index in [1.807, 2.05) is 5.38 Å². The van der Waals surface area contributed by atoms with Gasteiger partial charge >= 0.3 is 0 Å². The second-order valence-electron chi connectivity index (χ2n) is 7.12. The molecule has 0 saturated carbocycles. The Balaban J connectivity index is 1.45. The van der Waals surface area contributed by atoms with Crippen LogP contribution in [-0.4, -0.2) is 41.3 Å². The topological polar surface area (TPSA) is 87.5 Å². The van der Waals surface area contributed by atoms with Crippen LogP contribution in [0.2, 0.25) is 0 Å². The fourth-order valence-electron chi connectivity index (χ4n) is 3.43. The van der Waals surface area contributed by atoms with E-state index < -0.39 is 5.91 Å². The largest absolute Gasteiger partial charge is 0.444 e. The molecule has 7 nitrogen and oxygen atoms in total. The van der Waals surface area contributed by atoms with Crippen molar-refractivity contribution in [2.24, 2.45) is 11.8 Å². The molecule has 1 aliphatic rings. The molecule has 146 valence electrons. The molecule has 3 heterocycles. The van der Waals surface area contributed by atoms with Crippen LogP contribution >= 0.6 is 27.3 Å². The Morgan fingerprint density at radius 2 is 2.07 bits per heavy atom. The number of halogens is 1. The first-order chi connectivity index (χ1) is 12.9. The van der Waals surface area contributed by atoms with Crippen molar-refractivity contribution in [1.82, 2.24) is 15.2 Å². The number of anilines is 1. The van der Waals surface area contributed by atoms with Crippen LogP contribution in [0.5, 0.6) is 0 Å². The van der Waals surface area contributed by atoms with Crippen LogP contribution < -0.4 is 10.6 Å². The number of hydrogen-bond donors (Lipinski definition) is 2. The molecule has 0 unspecified atom stereocenters. The van der Waals surface area contributed by atoms with Gasteiger partial charge in [-0.15, -0.1) is 11.3 Å². The molecule has 1 fully saturated rings. The van der Waals surface area contributed by atoms with Gasteiger partial charge in [-0.25, -0.2) is 4.98 Å². The van der Waals surface area contributed by atoms with Crippen molar-refractivity contribution in [3.05, 3.63) is 33.6 Å². The molecule has 27 heavy (non-hydrogen) atoms. The first kappa shape index (κ1) is 20.0. The molecule has 2 aromatic heterocycles. The maximum Gasteiger partial charge on any atom is 0.287 e. The molecule has 0 radical (unpaired) electrons. The first-order valence-electron chi connectivity index (χ1n) is 8.89. The SMILES string of the molecule is C[C@H]1C[C@H](C)CN(Cc2csc(NC(=O)CNC(=O)c3ccc(Br)o3)n2)C1. The molecule has 2 amide bonds. The van der Waals surface area contributed by atoms with Crippen LogP contribution in [0.1, 0.15) is 36.5 Å². The molecule has 0 aliphatic carbocycles. The minimum atomic E-state index is -0.441. The Hall–Kier alpha value is -1.71. The van der Waals surface area contributed by atoms with E-state index in [0.29, 0.717) is 21.6 Å². The Kier molecular flexibility index (Phi) is 6.67. The molecule has 0 aromatic carbocycles. The number of carbonyl (C=O) groups excluding carboxylic acids is 2. The van der Waals surface area contributed by atoms with Crippen LogP contribution in [-0.2, 0) is 11.3 Å².